The molecule has 0 saturated carbocycles. The maximum absolute atomic E-state index is 13.9. The summed E-state index contributed by atoms with van der Waals surface area (Å²) < 4.78 is 4.35. The Labute approximate surface area is 209 Å². The minimum Gasteiger partial charge on any atom is -0.338 e. The van der Waals surface area contributed by atoms with Gasteiger partial charge in [-0.1, -0.05) is 42.0 Å². The van der Waals surface area contributed by atoms with Crippen LogP contribution in [-0.4, -0.2) is 50.6 Å². The first-order valence-electron chi connectivity index (χ1n) is 11.7. The second-order valence-electron chi connectivity index (χ2n) is 9.45. The molecule has 4 heterocycles. The zero-order chi connectivity index (χ0) is 24.0. The zero-order valence-corrected chi connectivity index (χ0v) is 21.0. The van der Waals surface area contributed by atoms with Crippen LogP contribution in [-0.2, 0) is 18.4 Å². The molecule has 0 amide bonds. The maximum Gasteiger partial charge on any atom is 0.333 e. The first-order chi connectivity index (χ1) is 16.4. The normalized spacial score (nSPS) is 19.9. The Kier molecular flexibility index (Phi) is 7.00. The Bertz CT molecular complexity index is 1390. The maximum atomic E-state index is 13.9. The van der Waals surface area contributed by atoms with E-state index < -0.39 is 17.3 Å². The molecule has 9 nitrogen and oxygen atoms in total. The highest BCUT2D eigenvalue weighted by Gasteiger charge is 2.40. The van der Waals surface area contributed by atoms with Crippen LogP contribution in [0.1, 0.15) is 31.9 Å². The molecule has 3 unspecified atom stereocenters. The Morgan fingerprint density at radius 3 is 2.63 bits per heavy atom. The van der Waals surface area contributed by atoms with Crippen LogP contribution in [0.25, 0.3) is 11.2 Å². The predicted molar refractivity (Wildman–Crippen MR) is 139 cm³/mol. The molecule has 1 N–H and O–H groups in total. The summed E-state index contributed by atoms with van der Waals surface area (Å²) in [6.07, 6.45) is 3.76. The van der Waals surface area contributed by atoms with Crippen LogP contribution in [0.5, 0.6) is 0 Å². The minimum atomic E-state index is -1.01. The quantitative estimate of drug-likeness (QED) is 0.412. The molecule has 0 bridgehead atoms. The summed E-state index contributed by atoms with van der Waals surface area (Å²) in [6, 6.07) is 8.21. The number of imidazole rings is 1. The van der Waals surface area contributed by atoms with E-state index in [1.807, 2.05) is 30.6 Å². The fourth-order valence-corrected chi connectivity index (χ4v) is 5.27. The summed E-state index contributed by atoms with van der Waals surface area (Å²) in [5.41, 5.74) is 1.34. The molecular weight excluding hydrogens is 468 g/mol. The molecule has 2 saturated heterocycles. The van der Waals surface area contributed by atoms with Gasteiger partial charge in [-0.05, 0) is 31.7 Å². The van der Waals surface area contributed by atoms with Crippen molar-refractivity contribution in [1.29, 1.82) is 0 Å². The van der Waals surface area contributed by atoms with Gasteiger partial charge in [0.15, 0.2) is 11.2 Å². The highest BCUT2D eigenvalue weighted by Crippen LogP contribution is 2.33. The lowest BCUT2D eigenvalue weighted by molar-refractivity contribution is -0.109. The molecule has 2 aromatic heterocycles. The number of halogens is 1. The van der Waals surface area contributed by atoms with Crippen molar-refractivity contribution in [3.63, 3.8) is 0 Å². The molecule has 0 radical (unpaired) electrons. The van der Waals surface area contributed by atoms with Gasteiger partial charge in [0.2, 0.25) is 5.95 Å². The predicted octanol–water partition coefficient (Wildman–Crippen LogP) is 1.87. The van der Waals surface area contributed by atoms with Crippen molar-refractivity contribution in [2.45, 2.75) is 38.9 Å². The Hall–Kier alpha value is -3.17. The molecule has 35 heavy (non-hydrogen) atoms. The van der Waals surface area contributed by atoms with E-state index in [1.165, 1.54) is 4.57 Å². The molecule has 10 heteroatoms. The largest absolute Gasteiger partial charge is 0.338 e. The van der Waals surface area contributed by atoms with Crippen molar-refractivity contribution < 1.29 is 4.79 Å². The van der Waals surface area contributed by atoms with Crippen LogP contribution in [0.2, 0.25) is 0 Å². The Morgan fingerprint density at radius 1 is 1.20 bits per heavy atom. The molecule has 2 aliphatic rings. The topological polar surface area (TPSA) is 94.2 Å². The van der Waals surface area contributed by atoms with Gasteiger partial charge in [-0.2, -0.15) is 4.98 Å². The van der Waals surface area contributed by atoms with Crippen LogP contribution in [0, 0.1) is 5.92 Å². The third-order valence-electron chi connectivity index (χ3n) is 7.09. The molecule has 5 rings (SSSR count). The summed E-state index contributed by atoms with van der Waals surface area (Å²) in [5, 5.41) is 3.46. The van der Waals surface area contributed by atoms with Crippen molar-refractivity contribution in [3.8, 4) is 0 Å². The molecule has 2 aliphatic heterocycles. The smallest absolute Gasteiger partial charge is 0.333 e. The number of nitrogens with one attached hydrogen (secondary N) is 1. The number of benzene rings is 1. The number of carbonyl (C=O) groups excluding carboxylic acids is 1. The van der Waals surface area contributed by atoms with Gasteiger partial charge < -0.3 is 19.6 Å². The fraction of sp³-hybridized carbons (Fsp3) is 0.440. The van der Waals surface area contributed by atoms with Gasteiger partial charge >= 0.3 is 5.69 Å². The van der Waals surface area contributed by atoms with Crippen LogP contribution < -0.4 is 21.5 Å². The van der Waals surface area contributed by atoms with E-state index in [1.54, 1.807) is 31.3 Å². The first-order valence-corrected chi connectivity index (χ1v) is 11.7. The van der Waals surface area contributed by atoms with E-state index in [-0.39, 0.29) is 12.4 Å². The summed E-state index contributed by atoms with van der Waals surface area (Å²) in [5.74, 6) is 1.26. The molecule has 0 spiro atoms. The van der Waals surface area contributed by atoms with E-state index in [2.05, 4.69) is 10.2 Å². The van der Waals surface area contributed by atoms with Gasteiger partial charge in [0.05, 0.1) is 0 Å². The summed E-state index contributed by atoms with van der Waals surface area (Å²) in [7, 11) is 1.61. The molecule has 3 aromatic rings. The third-order valence-corrected chi connectivity index (χ3v) is 7.09. The van der Waals surface area contributed by atoms with E-state index in [0.717, 1.165) is 36.2 Å². The number of anilines is 1. The van der Waals surface area contributed by atoms with Gasteiger partial charge in [0.25, 0.3) is 5.56 Å². The van der Waals surface area contributed by atoms with Crippen LogP contribution >= 0.6 is 12.4 Å². The Morgan fingerprint density at radius 2 is 1.94 bits per heavy atom. The molecular formula is C25H31ClN6O3. The molecule has 2 fully saturated rings. The highest BCUT2D eigenvalue weighted by molar-refractivity contribution is 5.85. The summed E-state index contributed by atoms with van der Waals surface area (Å²) in [4.78, 5) is 46.5. The SMILES string of the molecule is CC(C)=CCn1c(N2CCC3CNCC32)nc2c1c(=O)n(C(C=O)c1ccccc1)c(=O)n2C.Cl. The molecule has 0 aliphatic carbocycles. The van der Waals surface area contributed by atoms with Gasteiger partial charge in [0, 0.05) is 39.3 Å². The number of aryl methyl sites for hydroxylation is 1. The van der Waals surface area contributed by atoms with Gasteiger partial charge in [0.1, 0.15) is 12.3 Å². The number of nitrogens with zero attached hydrogens (tertiary/aromatic N) is 5. The lowest BCUT2D eigenvalue weighted by Crippen LogP contribution is -2.43. The van der Waals surface area contributed by atoms with E-state index in [9.17, 15) is 14.4 Å². The average molecular weight is 499 g/mol. The van der Waals surface area contributed by atoms with Crippen molar-refractivity contribution in [2.24, 2.45) is 13.0 Å². The number of allylic oxidation sites excluding steroid dienone is 2. The number of aromatic nitrogens is 4. The molecule has 3 atom stereocenters. The number of hydrogen-bond acceptors (Lipinski definition) is 6. The van der Waals surface area contributed by atoms with Crippen molar-refractivity contribution >= 4 is 35.8 Å². The molecule has 1 aromatic carbocycles. The zero-order valence-electron chi connectivity index (χ0n) is 20.2. The number of fused-ring (bicyclic) bond motifs is 2. The fourth-order valence-electron chi connectivity index (χ4n) is 5.27. The summed E-state index contributed by atoms with van der Waals surface area (Å²) in [6.45, 7) is 7.20. The highest BCUT2D eigenvalue weighted by atomic mass is 35.5. The standard InChI is InChI=1S/C25H30N6O3.ClH/c1-16(2)9-11-30-21-22(27-24(30)29-12-10-18-13-26-14-19(18)29)28(3)25(34)31(23(21)33)20(15-32)17-7-5-4-6-8-17;/h4-9,15,18-20,26H,10-14H2,1-3H3;1H. The van der Waals surface area contributed by atoms with E-state index in [0.29, 0.717) is 47.5 Å². The van der Waals surface area contributed by atoms with E-state index in [4.69, 9.17) is 4.98 Å². The molecule has 186 valence electrons. The number of rotatable bonds is 6. The van der Waals surface area contributed by atoms with Gasteiger partial charge in [-0.15, -0.1) is 12.4 Å². The number of carbonyl (C=O) groups is 1. The van der Waals surface area contributed by atoms with Crippen LogP contribution in [0.3, 0.4) is 0 Å². The van der Waals surface area contributed by atoms with Crippen LogP contribution in [0.4, 0.5) is 5.95 Å². The second-order valence-corrected chi connectivity index (χ2v) is 9.45. The van der Waals surface area contributed by atoms with Gasteiger partial charge in [-0.25, -0.2) is 9.36 Å². The lowest BCUT2D eigenvalue weighted by Gasteiger charge is -2.25. The average Bonchev–Trinajstić information content (AvgIpc) is 3.54. The summed E-state index contributed by atoms with van der Waals surface area (Å²) >= 11 is 0. The van der Waals surface area contributed by atoms with E-state index >= 15 is 0 Å². The number of hydrogen-bond donors (Lipinski definition) is 1. The monoisotopic (exact) mass is 498 g/mol. The van der Waals surface area contributed by atoms with Crippen molar-refractivity contribution in [3.05, 3.63) is 68.4 Å². The minimum absolute atomic E-state index is 0. The third kappa shape index (κ3) is 4.12. The van der Waals surface area contributed by atoms with Crippen molar-refractivity contribution in [1.82, 2.24) is 24.0 Å². The first kappa shape index (κ1) is 24.9. The van der Waals surface area contributed by atoms with Crippen LogP contribution in [0.15, 0.2) is 51.6 Å². The second kappa shape index (κ2) is 9.83. The van der Waals surface area contributed by atoms with Gasteiger partial charge in [-0.3, -0.25) is 9.36 Å². The lowest BCUT2D eigenvalue weighted by atomic mass is 10.1. The Balaban J connectivity index is 0.00000289. The van der Waals surface area contributed by atoms with Crippen molar-refractivity contribution in [2.75, 3.05) is 24.5 Å². The number of aldehydes is 1.